The van der Waals surface area contributed by atoms with Crippen molar-refractivity contribution in [1.82, 2.24) is 10.2 Å². The van der Waals surface area contributed by atoms with Gasteiger partial charge >= 0.3 is 6.18 Å². The quantitative estimate of drug-likeness (QED) is 0.620. The first-order valence-electron chi connectivity index (χ1n) is 8.34. The molecule has 5 nitrogen and oxygen atoms in total. The fourth-order valence-corrected chi connectivity index (χ4v) is 2.79. The van der Waals surface area contributed by atoms with Crippen LogP contribution in [0, 0.1) is 5.82 Å². The number of rotatable bonds is 6. The minimum Gasteiger partial charge on any atom is -0.389 e. The molecule has 2 N–H and O–H groups in total. The van der Waals surface area contributed by atoms with Gasteiger partial charge < -0.3 is 15.2 Å². The van der Waals surface area contributed by atoms with E-state index in [1.807, 2.05) is 0 Å². The Morgan fingerprint density at radius 1 is 1.11 bits per heavy atom. The number of nitrogens with one attached hydrogen (secondary N) is 1. The van der Waals surface area contributed by atoms with Gasteiger partial charge in [0.25, 0.3) is 0 Å². The first kappa shape index (κ1) is 20.0. The van der Waals surface area contributed by atoms with E-state index in [1.54, 1.807) is 6.07 Å². The normalized spacial score (nSPS) is 12.9. The molecule has 0 aliphatic heterocycles. The summed E-state index contributed by atoms with van der Waals surface area (Å²) < 4.78 is 57.6. The highest BCUT2D eigenvalue weighted by atomic mass is 19.4. The minimum absolute atomic E-state index is 0.0611. The molecule has 0 fully saturated rings. The van der Waals surface area contributed by atoms with E-state index in [2.05, 4.69) is 15.5 Å². The Hall–Kier alpha value is -2.78. The first-order valence-corrected chi connectivity index (χ1v) is 8.34. The molecule has 0 aliphatic carbocycles. The number of fused-ring (bicyclic) bond motifs is 1. The van der Waals surface area contributed by atoms with E-state index >= 15 is 0 Å². The van der Waals surface area contributed by atoms with E-state index in [9.17, 15) is 22.7 Å². The lowest BCUT2D eigenvalue weighted by molar-refractivity contribution is -0.137. The number of anilines is 1. The first-order chi connectivity index (χ1) is 13.3. The number of hydrogen-bond acceptors (Lipinski definition) is 5. The van der Waals surface area contributed by atoms with Crippen molar-refractivity contribution in [3.8, 4) is 11.3 Å². The molecule has 0 radical (unpaired) electrons. The molecule has 28 heavy (non-hydrogen) atoms. The molecule has 0 amide bonds. The van der Waals surface area contributed by atoms with Crippen LogP contribution in [0.3, 0.4) is 0 Å². The molecule has 0 saturated carbocycles. The number of aliphatic hydroxyl groups is 1. The Morgan fingerprint density at radius 3 is 2.46 bits per heavy atom. The van der Waals surface area contributed by atoms with Crippen LogP contribution in [0.25, 0.3) is 22.0 Å². The molecule has 0 aliphatic rings. The standard InChI is InChI=1S/C19H17F4N3O2/c1-28-10-13(27)9-24-18-16-14(3-2-4-15(16)20)17(25-26-18)11-5-7-12(8-6-11)19(21,22)23/h2-8,13,27H,9-10H2,1H3,(H,24,26). The summed E-state index contributed by atoms with van der Waals surface area (Å²) in [5.74, 6) is -0.441. The number of ether oxygens (including phenoxy) is 1. The molecular weight excluding hydrogens is 378 g/mol. The fraction of sp³-hybridized carbons (Fsp3) is 0.263. The third-order valence-electron chi connectivity index (χ3n) is 4.11. The van der Waals surface area contributed by atoms with Crippen LogP contribution < -0.4 is 5.32 Å². The maximum absolute atomic E-state index is 14.5. The van der Waals surface area contributed by atoms with Crippen LogP contribution in [-0.2, 0) is 10.9 Å². The molecule has 3 aromatic rings. The van der Waals surface area contributed by atoms with Crippen LogP contribution in [0.1, 0.15) is 5.56 Å². The zero-order chi connectivity index (χ0) is 20.3. The second-order valence-electron chi connectivity index (χ2n) is 6.12. The number of alkyl halides is 3. The lowest BCUT2D eigenvalue weighted by Crippen LogP contribution is -2.24. The molecule has 1 unspecified atom stereocenters. The number of halogens is 4. The molecule has 0 spiro atoms. The zero-order valence-electron chi connectivity index (χ0n) is 14.8. The van der Waals surface area contributed by atoms with Crippen molar-refractivity contribution >= 4 is 16.6 Å². The maximum atomic E-state index is 14.5. The van der Waals surface area contributed by atoms with Crippen molar-refractivity contribution in [3.05, 3.63) is 53.8 Å². The molecule has 0 bridgehead atoms. The Morgan fingerprint density at radius 2 is 1.82 bits per heavy atom. The molecule has 0 saturated heterocycles. The highest BCUT2D eigenvalue weighted by molar-refractivity contribution is 6.00. The lowest BCUT2D eigenvalue weighted by Gasteiger charge is -2.14. The predicted octanol–water partition coefficient (Wildman–Crippen LogP) is 3.87. The molecule has 148 valence electrons. The number of methoxy groups -OCH3 is 1. The van der Waals surface area contributed by atoms with Crippen molar-refractivity contribution in [3.63, 3.8) is 0 Å². The summed E-state index contributed by atoms with van der Waals surface area (Å²) in [5, 5.41) is 21.1. The van der Waals surface area contributed by atoms with Crippen molar-refractivity contribution in [2.45, 2.75) is 12.3 Å². The van der Waals surface area contributed by atoms with Crippen LogP contribution in [-0.4, -0.2) is 41.7 Å². The van der Waals surface area contributed by atoms with Gasteiger partial charge in [0, 0.05) is 24.6 Å². The molecule has 2 aromatic carbocycles. The topological polar surface area (TPSA) is 67.3 Å². The summed E-state index contributed by atoms with van der Waals surface area (Å²) >= 11 is 0. The van der Waals surface area contributed by atoms with Crippen molar-refractivity contribution < 1.29 is 27.4 Å². The van der Waals surface area contributed by atoms with E-state index in [1.165, 1.54) is 31.4 Å². The summed E-state index contributed by atoms with van der Waals surface area (Å²) in [6, 6.07) is 8.76. The van der Waals surface area contributed by atoms with Gasteiger partial charge in [0.2, 0.25) is 0 Å². The van der Waals surface area contributed by atoms with Crippen LogP contribution in [0.5, 0.6) is 0 Å². The summed E-state index contributed by atoms with van der Waals surface area (Å²) in [7, 11) is 1.44. The Balaban J connectivity index is 2.01. The van der Waals surface area contributed by atoms with Crippen LogP contribution in [0.4, 0.5) is 23.4 Å². The molecule has 3 rings (SSSR count). The summed E-state index contributed by atoms with van der Waals surface area (Å²) in [4.78, 5) is 0. The molecular formula is C19H17F4N3O2. The van der Waals surface area contributed by atoms with Gasteiger partial charge in [0.15, 0.2) is 5.82 Å². The van der Waals surface area contributed by atoms with Gasteiger partial charge in [-0.05, 0) is 18.2 Å². The van der Waals surface area contributed by atoms with Crippen molar-refractivity contribution in [1.29, 1.82) is 0 Å². The number of aromatic nitrogens is 2. The van der Waals surface area contributed by atoms with Crippen LogP contribution in [0.2, 0.25) is 0 Å². The molecule has 1 aromatic heterocycles. The molecule has 1 heterocycles. The minimum atomic E-state index is -4.45. The van der Waals surface area contributed by atoms with Gasteiger partial charge in [-0.3, -0.25) is 0 Å². The second kappa shape index (κ2) is 8.07. The largest absolute Gasteiger partial charge is 0.416 e. The smallest absolute Gasteiger partial charge is 0.389 e. The Labute approximate surface area is 158 Å². The lowest BCUT2D eigenvalue weighted by atomic mass is 10.0. The number of benzene rings is 2. The average molecular weight is 395 g/mol. The second-order valence-corrected chi connectivity index (χ2v) is 6.12. The highest BCUT2D eigenvalue weighted by Gasteiger charge is 2.30. The third-order valence-corrected chi connectivity index (χ3v) is 4.11. The Kier molecular flexibility index (Phi) is 5.76. The monoisotopic (exact) mass is 395 g/mol. The van der Waals surface area contributed by atoms with Crippen molar-refractivity contribution in [2.24, 2.45) is 0 Å². The molecule has 9 heteroatoms. The summed E-state index contributed by atoms with van der Waals surface area (Å²) in [6.45, 7) is 0.149. The van der Waals surface area contributed by atoms with Gasteiger partial charge in [-0.25, -0.2) is 4.39 Å². The van der Waals surface area contributed by atoms with Gasteiger partial charge in [0.1, 0.15) is 11.5 Å². The van der Waals surface area contributed by atoms with E-state index < -0.39 is 23.7 Å². The van der Waals surface area contributed by atoms with E-state index in [0.29, 0.717) is 10.9 Å². The number of aliphatic hydroxyl groups excluding tert-OH is 1. The van der Waals surface area contributed by atoms with Gasteiger partial charge in [-0.1, -0.05) is 24.3 Å². The Bertz CT molecular complexity index is 962. The predicted molar refractivity (Wildman–Crippen MR) is 96.3 cm³/mol. The zero-order valence-corrected chi connectivity index (χ0v) is 14.8. The average Bonchev–Trinajstić information content (AvgIpc) is 2.66. The van der Waals surface area contributed by atoms with Gasteiger partial charge in [-0.15, -0.1) is 10.2 Å². The van der Waals surface area contributed by atoms with Gasteiger partial charge in [0.05, 0.1) is 23.7 Å². The van der Waals surface area contributed by atoms with E-state index in [0.717, 1.165) is 12.1 Å². The van der Waals surface area contributed by atoms with Crippen LogP contribution in [0.15, 0.2) is 42.5 Å². The summed E-state index contributed by atoms with van der Waals surface area (Å²) in [5.41, 5.74) is -0.154. The number of hydrogen-bond donors (Lipinski definition) is 2. The fourth-order valence-electron chi connectivity index (χ4n) is 2.79. The third kappa shape index (κ3) is 4.20. The van der Waals surface area contributed by atoms with E-state index in [4.69, 9.17) is 4.74 Å². The summed E-state index contributed by atoms with van der Waals surface area (Å²) in [6.07, 6.45) is -5.28. The molecule has 1 atom stereocenters. The maximum Gasteiger partial charge on any atom is 0.416 e. The number of nitrogens with zero attached hydrogens (tertiary/aromatic N) is 2. The SMILES string of the molecule is COCC(O)CNc1nnc(-c2ccc(C(F)(F)F)cc2)c2cccc(F)c12. The highest BCUT2D eigenvalue weighted by Crippen LogP contribution is 2.34. The van der Waals surface area contributed by atoms with E-state index in [-0.39, 0.29) is 30.0 Å². The van der Waals surface area contributed by atoms with Crippen LogP contribution >= 0.6 is 0 Å². The van der Waals surface area contributed by atoms with Crippen molar-refractivity contribution in [2.75, 3.05) is 25.6 Å². The van der Waals surface area contributed by atoms with Gasteiger partial charge in [-0.2, -0.15) is 13.2 Å².